The van der Waals surface area contributed by atoms with E-state index >= 15 is 0 Å². The SMILES string of the molecule is CCCOc1c(Cl)cc(/C=N\NC(=O)CNc2ccc(OC)cc2)cc1OCC. The van der Waals surface area contributed by atoms with Crippen LogP contribution in [0.4, 0.5) is 5.69 Å². The van der Waals surface area contributed by atoms with Gasteiger partial charge in [-0.15, -0.1) is 0 Å². The van der Waals surface area contributed by atoms with Gasteiger partial charge in [0.2, 0.25) is 0 Å². The van der Waals surface area contributed by atoms with Crippen LogP contribution in [0.3, 0.4) is 0 Å². The predicted octanol–water partition coefficient (Wildman–Crippen LogP) is 4.10. The van der Waals surface area contributed by atoms with Gasteiger partial charge in [-0.05, 0) is 55.3 Å². The number of rotatable bonds is 11. The smallest absolute Gasteiger partial charge is 0.259 e. The van der Waals surface area contributed by atoms with Crippen molar-refractivity contribution < 1.29 is 19.0 Å². The number of methoxy groups -OCH3 is 1. The Hall–Kier alpha value is -2.93. The first-order chi connectivity index (χ1) is 14.1. The van der Waals surface area contributed by atoms with Crippen LogP contribution >= 0.6 is 11.6 Å². The summed E-state index contributed by atoms with van der Waals surface area (Å²) in [6.07, 6.45) is 2.37. The third kappa shape index (κ3) is 7.19. The van der Waals surface area contributed by atoms with E-state index in [0.717, 1.165) is 17.9 Å². The number of hydrazone groups is 1. The quantitative estimate of drug-likeness (QED) is 0.423. The second-order valence-corrected chi connectivity index (χ2v) is 6.39. The number of nitrogens with zero attached hydrogens (tertiary/aromatic N) is 1. The summed E-state index contributed by atoms with van der Waals surface area (Å²) in [7, 11) is 1.60. The van der Waals surface area contributed by atoms with Crippen LogP contribution in [0, 0.1) is 0 Å². The van der Waals surface area contributed by atoms with Crippen molar-refractivity contribution in [2.75, 3.05) is 32.2 Å². The molecule has 0 aliphatic heterocycles. The average molecular weight is 420 g/mol. The van der Waals surface area contributed by atoms with Crippen LogP contribution in [0.2, 0.25) is 5.02 Å². The third-order valence-electron chi connectivity index (χ3n) is 3.73. The molecule has 0 aromatic heterocycles. The van der Waals surface area contributed by atoms with E-state index in [9.17, 15) is 4.79 Å². The zero-order chi connectivity index (χ0) is 21.1. The molecule has 0 fully saturated rings. The second-order valence-electron chi connectivity index (χ2n) is 5.99. The van der Waals surface area contributed by atoms with Gasteiger partial charge in [0, 0.05) is 5.69 Å². The number of carbonyl (C=O) groups is 1. The van der Waals surface area contributed by atoms with E-state index in [0.29, 0.717) is 35.3 Å². The summed E-state index contributed by atoms with van der Waals surface area (Å²) in [5.41, 5.74) is 3.96. The molecule has 0 saturated heterocycles. The van der Waals surface area contributed by atoms with E-state index in [-0.39, 0.29) is 12.5 Å². The van der Waals surface area contributed by atoms with E-state index in [1.54, 1.807) is 19.2 Å². The first-order valence-electron chi connectivity index (χ1n) is 9.36. The number of ether oxygens (including phenoxy) is 3. The van der Waals surface area contributed by atoms with E-state index in [1.165, 1.54) is 6.21 Å². The van der Waals surface area contributed by atoms with Crippen molar-refractivity contribution in [2.24, 2.45) is 5.10 Å². The molecule has 8 heteroatoms. The first kappa shape index (κ1) is 22.4. The van der Waals surface area contributed by atoms with Crippen molar-refractivity contribution in [3.8, 4) is 17.2 Å². The molecule has 0 atom stereocenters. The zero-order valence-electron chi connectivity index (χ0n) is 16.8. The van der Waals surface area contributed by atoms with Gasteiger partial charge in [0.1, 0.15) is 5.75 Å². The molecule has 2 aromatic carbocycles. The van der Waals surface area contributed by atoms with Crippen molar-refractivity contribution >= 4 is 29.4 Å². The van der Waals surface area contributed by atoms with Crippen LogP contribution in [-0.4, -0.2) is 39.0 Å². The van der Waals surface area contributed by atoms with Crippen LogP contribution in [0.15, 0.2) is 41.5 Å². The summed E-state index contributed by atoms with van der Waals surface area (Å²) in [5.74, 6) is 1.53. The maximum absolute atomic E-state index is 12.0. The topological polar surface area (TPSA) is 81.2 Å². The Morgan fingerprint density at radius 3 is 2.59 bits per heavy atom. The number of anilines is 1. The molecule has 2 N–H and O–H groups in total. The fourth-order valence-electron chi connectivity index (χ4n) is 2.38. The highest BCUT2D eigenvalue weighted by molar-refractivity contribution is 6.32. The molecule has 156 valence electrons. The molecule has 0 spiro atoms. The van der Waals surface area contributed by atoms with Gasteiger partial charge in [-0.2, -0.15) is 5.10 Å². The molecule has 7 nitrogen and oxygen atoms in total. The molecule has 0 radical (unpaired) electrons. The van der Waals surface area contributed by atoms with Gasteiger partial charge in [0.15, 0.2) is 11.5 Å². The highest BCUT2D eigenvalue weighted by Crippen LogP contribution is 2.36. The molecule has 29 heavy (non-hydrogen) atoms. The zero-order valence-corrected chi connectivity index (χ0v) is 17.6. The van der Waals surface area contributed by atoms with E-state index in [2.05, 4.69) is 15.8 Å². The number of hydrogen-bond acceptors (Lipinski definition) is 6. The van der Waals surface area contributed by atoms with Gasteiger partial charge in [-0.1, -0.05) is 18.5 Å². The Morgan fingerprint density at radius 2 is 1.93 bits per heavy atom. The van der Waals surface area contributed by atoms with Crippen LogP contribution in [0.5, 0.6) is 17.2 Å². The van der Waals surface area contributed by atoms with Crippen molar-refractivity contribution in [1.82, 2.24) is 5.43 Å². The molecule has 0 aliphatic carbocycles. The standard InChI is InChI=1S/C21H26ClN3O4/c1-4-10-29-21-18(22)11-15(12-19(21)28-5-2)13-24-25-20(26)14-23-16-6-8-17(27-3)9-7-16/h6-9,11-13,23H,4-5,10,14H2,1-3H3,(H,25,26)/b24-13-. The Kier molecular flexibility index (Phi) is 9.11. The number of hydrogen-bond donors (Lipinski definition) is 2. The average Bonchev–Trinajstić information content (AvgIpc) is 2.72. The molecule has 0 aliphatic rings. The van der Waals surface area contributed by atoms with E-state index in [4.69, 9.17) is 25.8 Å². The molecule has 0 bridgehead atoms. The Labute approximate surface area is 176 Å². The van der Waals surface area contributed by atoms with Gasteiger partial charge < -0.3 is 19.5 Å². The van der Waals surface area contributed by atoms with Crippen LogP contribution in [0.1, 0.15) is 25.8 Å². The number of benzene rings is 2. The summed E-state index contributed by atoms with van der Waals surface area (Å²) in [6.45, 7) is 5.01. The lowest BCUT2D eigenvalue weighted by atomic mass is 10.2. The maximum Gasteiger partial charge on any atom is 0.259 e. The summed E-state index contributed by atoms with van der Waals surface area (Å²) >= 11 is 6.31. The third-order valence-corrected chi connectivity index (χ3v) is 4.01. The van der Waals surface area contributed by atoms with Crippen molar-refractivity contribution in [2.45, 2.75) is 20.3 Å². The summed E-state index contributed by atoms with van der Waals surface area (Å²) in [5, 5.41) is 7.41. The monoisotopic (exact) mass is 419 g/mol. The van der Waals surface area contributed by atoms with Gasteiger partial charge in [-0.3, -0.25) is 4.79 Å². The van der Waals surface area contributed by atoms with Crippen LogP contribution in [0.25, 0.3) is 0 Å². The first-order valence-corrected chi connectivity index (χ1v) is 9.74. The van der Waals surface area contributed by atoms with Crippen LogP contribution < -0.4 is 25.0 Å². The summed E-state index contributed by atoms with van der Waals surface area (Å²) < 4.78 is 16.4. The molecule has 0 heterocycles. The van der Waals surface area contributed by atoms with E-state index < -0.39 is 0 Å². The highest BCUT2D eigenvalue weighted by Gasteiger charge is 2.12. The summed E-state index contributed by atoms with van der Waals surface area (Å²) in [4.78, 5) is 12.0. The highest BCUT2D eigenvalue weighted by atomic mass is 35.5. The van der Waals surface area contributed by atoms with E-state index in [1.807, 2.05) is 38.1 Å². The lowest BCUT2D eigenvalue weighted by Crippen LogP contribution is -2.25. The normalized spacial score (nSPS) is 10.6. The minimum Gasteiger partial charge on any atom is -0.497 e. The fourth-order valence-corrected chi connectivity index (χ4v) is 2.65. The van der Waals surface area contributed by atoms with Crippen molar-refractivity contribution in [1.29, 1.82) is 0 Å². The minimum atomic E-state index is -0.281. The molecule has 1 amide bonds. The Morgan fingerprint density at radius 1 is 1.17 bits per heavy atom. The molecular formula is C21H26ClN3O4. The van der Waals surface area contributed by atoms with Gasteiger partial charge >= 0.3 is 0 Å². The molecule has 2 aromatic rings. The maximum atomic E-state index is 12.0. The van der Waals surface area contributed by atoms with Gasteiger partial charge in [-0.25, -0.2) is 5.43 Å². The number of halogens is 1. The second kappa shape index (κ2) is 11.8. The molecule has 2 rings (SSSR count). The largest absolute Gasteiger partial charge is 0.497 e. The van der Waals surface area contributed by atoms with Crippen molar-refractivity contribution in [3.63, 3.8) is 0 Å². The van der Waals surface area contributed by atoms with Crippen molar-refractivity contribution in [3.05, 3.63) is 47.0 Å². The number of nitrogens with one attached hydrogen (secondary N) is 2. The Bertz CT molecular complexity index is 825. The van der Waals surface area contributed by atoms with Gasteiger partial charge in [0.05, 0.1) is 38.1 Å². The Balaban J connectivity index is 1.93. The fraction of sp³-hybridized carbons (Fsp3) is 0.333. The number of amides is 1. The molecular weight excluding hydrogens is 394 g/mol. The number of carbonyl (C=O) groups excluding carboxylic acids is 1. The lowest BCUT2D eigenvalue weighted by molar-refractivity contribution is -0.119. The van der Waals surface area contributed by atoms with Gasteiger partial charge in [0.25, 0.3) is 5.91 Å². The lowest BCUT2D eigenvalue weighted by Gasteiger charge is -2.13. The summed E-state index contributed by atoms with van der Waals surface area (Å²) in [6, 6.07) is 10.8. The molecule has 0 unspecified atom stereocenters. The van der Waals surface area contributed by atoms with Crippen LogP contribution in [-0.2, 0) is 4.79 Å². The predicted molar refractivity (Wildman–Crippen MR) is 116 cm³/mol. The minimum absolute atomic E-state index is 0.0818. The molecule has 0 saturated carbocycles.